The summed E-state index contributed by atoms with van der Waals surface area (Å²) in [5.41, 5.74) is 6.44. The molecule has 2 atom stereocenters. The minimum Gasteiger partial charge on any atom is -0.374 e. The quantitative estimate of drug-likeness (QED) is 0.677. The van der Waals surface area contributed by atoms with E-state index in [0.29, 0.717) is 25.2 Å². The van der Waals surface area contributed by atoms with Gasteiger partial charge in [0.05, 0.1) is 12.7 Å². The van der Waals surface area contributed by atoms with Gasteiger partial charge >= 0.3 is 0 Å². The fraction of sp³-hybridized carbons (Fsp3) is 0.818. The number of ether oxygens (including phenoxy) is 1. The van der Waals surface area contributed by atoms with Crippen LogP contribution in [0.15, 0.2) is 12.2 Å². The van der Waals surface area contributed by atoms with Crippen LogP contribution in [-0.2, 0) is 4.74 Å². The minimum atomic E-state index is 0.442. The fourth-order valence-corrected chi connectivity index (χ4v) is 1.81. The topological polar surface area (TPSA) is 35.2 Å². The highest BCUT2D eigenvalue weighted by molar-refractivity contribution is 4.95. The Bertz CT molecular complexity index is 167. The summed E-state index contributed by atoms with van der Waals surface area (Å²) in [6.07, 6.45) is 5.62. The van der Waals surface area contributed by atoms with Gasteiger partial charge in [-0.3, -0.25) is 0 Å². The van der Waals surface area contributed by atoms with E-state index >= 15 is 0 Å². The first kappa shape index (κ1) is 10.7. The summed E-state index contributed by atoms with van der Waals surface area (Å²) in [6, 6.07) is 0. The van der Waals surface area contributed by atoms with Crippen molar-refractivity contribution in [3.63, 3.8) is 0 Å². The molecule has 2 nitrogen and oxygen atoms in total. The molecule has 0 radical (unpaired) electrons. The highest BCUT2D eigenvalue weighted by atomic mass is 16.5. The molecule has 1 rings (SSSR count). The zero-order valence-corrected chi connectivity index (χ0v) is 8.59. The van der Waals surface area contributed by atoms with Crippen molar-refractivity contribution >= 4 is 0 Å². The first-order chi connectivity index (χ1) is 6.24. The highest BCUT2D eigenvalue weighted by Crippen LogP contribution is 2.26. The Morgan fingerprint density at radius 3 is 2.77 bits per heavy atom. The summed E-state index contributed by atoms with van der Waals surface area (Å²) in [5.74, 6) is 0.708. The molecule has 2 N–H and O–H groups in total. The molecule has 1 aliphatic carbocycles. The van der Waals surface area contributed by atoms with Gasteiger partial charge in [0.25, 0.3) is 0 Å². The third-order valence-corrected chi connectivity index (χ3v) is 2.82. The first-order valence-electron chi connectivity index (χ1n) is 5.22. The number of nitrogens with two attached hydrogens (primary N) is 1. The summed E-state index contributed by atoms with van der Waals surface area (Å²) >= 11 is 0. The van der Waals surface area contributed by atoms with Crippen molar-refractivity contribution in [2.75, 3.05) is 13.2 Å². The summed E-state index contributed by atoms with van der Waals surface area (Å²) in [5, 5.41) is 0. The molecule has 2 heteroatoms. The lowest BCUT2D eigenvalue weighted by atomic mass is 9.88. The molecule has 1 fully saturated rings. The van der Waals surface area contributed by atoms with Gasteiger partial charge in [0.1, 0.15) is 0 Å². The molecule has 0 spiro atoms. The fourth-order valence-electron chi connectivity index (χ4n) is 1.81. The van der Waals surface area contributed by atoms with Crippen LogP contribution in [0.25, 0.3) is 0 Å². The second kappa shape index (κ2) is 5.40. The minimum absolute atomic E-state index is 0.442. The predicted molar refractivity (Wildman–Crippen MR) is 55.6 cm³/mol. The molecule has 2 unspecified atom stereocenters. The normalized spacial score (nSPS) is 28.8. The monoisotopic (exact) mass is 183 g/mol. The molecule has 0 heterocycles. The van der Waals surface area contributed by atoms with Crippen LogP contribution in [0.5, 0.6) is 0 Å². The van der Waals surface area contributed by atoms with Gasteiger partial charge in [0.15, 0.2) is 0 Å². The van der Waals surface area contributed by atoms with E-state index in [9.17, 15) is 0 Å². The lowest BCUT2D eigenvalue weighted by Crippen LogP contribution is -2.26. The average Bonchev–Trinajstić information content (AvgIpc) is 2.16. The SMILES string of the molecule is C=C(CN)COC1CCCCC1C. The van der Waals surface area contributed by atoms with E-state index in [0.717, 1.165) is 5.57 Å². The van der Waals surface area contributed by atoms with Gasteiger partial charge < -0.3 is 10.5 Å². The van der Waals surface area contributed by atoms with Crippen molar-refractivity contribution in [3.05, 3.63) is 12.2 Å². The van der Waals surface area contributed by atoms with E-state index in [1.807, 2.05) is 0 Å². The van der Waals surface area contributed by atoms with Crippen molar-refractivity contribution in [2.45, 2.75) is 38.7 Å². The number of hydrogen-bond acceptors (Lipinski definition) is 2. The van der Waals surface area contributed by atoms with E-state index in [1.165, 1.54) is 25.7 Å². The molecule has 1 aliphatic rings. The van der Waals surface area contributed by atoms with Crippen molar-refractivity contribution in [3.8, 4) is 0 Å². The second-order valence-electron chi connectivity index (χ2n) is 4.07. The maximum atomic E-state index is 5.77. The van der Waals surface area contributed by atoms with Crippen LogP contribution < -0.4 is 5.73 Å². The summed E-state index contributed by atoms with van der Waals surface area (Å²) in [6.45, 7) is 7.29. The average molecular weight is 183 g/mol. The molecular weight excluding hydrogens is 162 g/mol. The lowest BCUT2D eigenvalue weighted by molar-refractivity contribution is 0.00691. The molecule has 0 amide bonds. The third-order valence-electron chi connectivity index (χ3n) is 2.82. The van der Waals surface area contributed by atoms with Gasteiger partial charge in [-0.15, -0.1) is 0 Å². The largest absolute Gasteiger partial charge is 0.374 e. The van der Waals surface area contributed by atoms with Crippen molar-refractivity contribution in [1.82, 2.24) is 0 Å². The Hall–Kier alpha value is -0.340. The molecule has 0 bridgehead atoms. The lowest BCUT2D eigenvalue weighted by Gasteiger charge is -2.28. The second-order valence-corrected chi connectivity index (χ2v) is 4.07. The molecule has 0 aromatic heterocycles. The Kier molecular flexibility index (Phi) is 4.46. The molecule has 76 valence electrons. The molecular formula is C11H21NO. The van der Waals surface area contributed by atoms with E-state index in [2.05, 4.69) is 13.5 Å². The van der Waals surface area contributed by atoms with E-state index in [-0.39, 0.29) is 0 Å². The van der Waals surface area contributed by atoms with Gasteiger partial charge in [0.2, 0.25) is 0 Å². The van der Waals surface area contributed by atoms with Crippen LogP contribution in [0, 0.1) is 5.92 Å². The van der Waals surface area contributed by atoms with E-state index in [4.69, 9.17) is 10.5 Å². The molecule has 0 aromatic carbocycles. The van der Waals surface area contributed by atoms with Crippen molar-refractivity contribution < 1.29 is 4.74 Å². The van der Waals surface area contributed by atoms with Crippen LogP contribution in [0.4, 0.5) is 0 Å². The maximum Gasteiger partial charge on any atom is 0.0690 e. The van der Waals surface area contributed by atoms with Gasteiger partial charge in [-0.1, -0.05) is 26.3 Å². The third kappa shape index (κ3) is 3.49. The number of hydrogen-bond donors (Lipinski definition) is 1. The smallest absolute Gasteiger partial charge is 0.0690 e. The summed E-state index contributed by atoms with van der Waals surface area (Å²) in [4.78, 5) is 0. The molecule has 0 aliphatic heterocycles. The van der Waals surface area contributed by atoms with Crippen molar-refractivity contribution in [1.29, 1.82) is 0 Å². The van der Waals surface area contributed by atoms with Crippen LogP contribution in [0.2, 0.25) is 0 Å². The molecule has 1 saturated carbocycles. The molecule has 0 aromatic rings. The first-order valence-corrected chi connectivity index (χ1v) is 5.22. The standard InChI is InChI=1S/C11H21NO/c1-9(7-12)8-13-11-6-4-3-5-10(11)2/h10-11H,1,3-8,12H2,2H3. The Morgan fingerprint density at radius 1 is 1.46 bits per heavy atom. The Morgan fingerprint density at radius 2 is 2.15 bits per heavy atom. The number of rotatable bonds is 4. The van der Waals surface area contributed by atoms with Gasteiger partial charge in [-0.2, -0.15) is 0 Å². The predicted octanol–water partition coefficient (Wildman–Crippen LogP) is 2.10. The molecule has 0 saturated heterocycles. The zero-order valence-electron chi connectivity index (χ0n) is 8.59. The molecule has 13 heavy (non-hydrogen) atoms. The summed E-state index contributed by atoms with van der Waals surface area (Å²) < 4.78 is 5.77. The van der Waals surface area contributed by atoms with E-state index < -0.39 is 0 Å². The summed E-state index contributed by atoms with van der Waals surface area (Å²) in [7, 11) is 0. The Balaban J connectivity index is 2.22. The maximum absolute atomic E-state index is 5.77. The Labute approximate surface area is 81.1 Å². The van der Waals surface area contributed by atoms with Crippen LogP contribution in [-0.4, -0.2) is 19.3 Å². The van der Waals surface area contributed by atoms with Crippen molar-refractivity contribution in [2.24, 2.45) is 11.7 Å². The van der Waals surface area contributed by atoms with Gasteiger partial charge in [0, 0.05) is 6.54 Å². The van der Waals surface area contributed by atoms with Gasteiger partial charge in [-0.25, -0.2) is 0 Å². The zero-order chi connectivity index (χ0) is 9.68. The van der Waals surface area contributed by atoms with E-state index in [1.54, 1.807) is 0 Å². The van der Waals surface area contributed by atoms with Crippen LogP contribution in [0.3, 0.4) is 0 Å². The highest BCUT2D eigenvalue weighted by Gasteiger charge is 2.21. The van der Waals surface area contributed by atoms with Crippen LogP contribution in [0.1, 0.15) is 32.6 Å². The van der Waals surface area contributed by atoms with Gasteiger partial charge in [-0.05, 0) is 24.3 Å². The van der Waals surface area contributed by atoms with Crippen LogP contribution >= 0.6 is 0 Å².